The maximum absolute atomic E-state index is 5.78. The smallest absolute Gasteiger partial charge is 0.191 e. The molecule has 2 N–H and O–H groups in total. The standard InChI is InChI=1S/C18H32N4OS/c1-4-19-18(21-10-8-17-7-5-12-24-17)20-9-6-11-22-13-15(2)23-16(3)14-22/h5,7,12,15-16H,4,6,8-11,13-14H2,1-3H3,(H2,19,20,21). The molecule has 1 fully saturated rings. The van der Waals surface area contributed by atoms with Crippen molar-refractivity contribution < 1.29 is 4.74 Å². The SMILES string of the molecule is CCNC(=NCCCN1CC(C)OC(C)C1)NCCc1cccs1. The minimum absolute atomic E-state index is 0.341. The molecule has 0 aromatic carbocycles. The molecule has 0 radical (unpaired) electrons. The number of morpholine rings is 1. The summed E-state index contributed by atoms with van der Waals surface area (Å²) in [7, 11) is 0. The zero-order valence-corrected chi connectivity index (χ0v) is 16.1. The van der Waals surface area contributed by atoms with Crippen molar-refractivity contribution in [2.75, 3.05) is 39.3 Å². The summed E-state index contributed by atoms with van der Waals surface area (Å²) in [6.07, 6.45) is 2.81. The van der Waals surface area contributed by atoms with Crippen LogP contribution in [-0.4, -0.2) is 62.3 Å². The first-order valence-electron chi connectivity index (χ1n) is 9.09. The normalized spacial score (nSPS) is 22.5. The van der Waals surface area contributed by atoms with Crippen LogP contribution in [0.4, 0.5) is 0 Å². The van der Waals surface area contributed by atoms with Crippen molar-refractivity contribution in [3.05, 3.63) is 22.4 Å². The van der Waals surface area contributed by atoms with Gasteiger partial charge >= 0.3 is 0 Å². The Morgan fingerprint density at radius 3 is 2.79 bits per heavy atom. The third-order valence-electron chi connectivity index (χ3n) is 3.99. The predicted molar refractivity (Wildman–Crippen MR) is 103 cm³/mol. The van der Waals surface area contributed by atoms with E-state index in [4.69, 9.17) is 9.73 Å². The number of aliphatic imine (C=N–C) groups is 1. The first-order valence-corrected chi connectivity index (χ1v) is 9.97. The van der Waals surface area contributed by atoms with E-state index in [1.165, 1.54) is 4.88 Å². The van der Waals surface area contributed by atoms with Crippen molar-refractivity contribution >= 4 is 17.3 Å². The van der Waals surface area contributed by atoms with Gasteiger partial charge in [0.1, 0.15) is 0 Å². The van der Waals surface area contributed by atoms with Crippen molar-refractivity contribution in [2.45, 2.75) is 45.8 Å². The fraction of sp³-hybridized carbons (Fsp3) is 0.722. The Labute approximate surface area is 150 Å². The van der Waals surface area contributed by atoms with Crippen molar-refractivity contribution in [2.24, 2.45) is 4.99 Å². The lowest BCUT2D eigenvalue weighted by atomic mass is 10.2. The topological polar surface area (TPSA) is 48.9 Å². The zero-order chi connectivity index (χ0) is 17.2. The number of nitrogens with one attached hydrogen (secondary N) is 2. The number of ether oxygens (including phenoxy) is 1. The van der Waals surface area contributed by atoms with Gasteiger partial charge in [0, 0.05) is 44.1 Å². The monoisotopic (exact) mass is 352 g/mol. The summed E-state index contributed by atoms with van der Waals surface area (Å²) < 4.78 is 5.78. The number of guanidine groups is 1. The van der Waals surface area contributed by atoms with Crippen LogP contribution in [0, 0.1) is 0 Å². The van der Waals surface area contributed by atoms with Crippen LogP contribution in [0.5, 0.6) is 0 Å². The third-order valence-corrected chi connectivity index (χ3v) is 4.92. The van der Waals surface area contributed by atoms with Crippen molar-refractivity contribution in [1.29, 1.82) is 0 Å². The van der Waals surface area contributed by atoms with Crippen LogP contribution >= 0.6 is 11.3 Å². The predicted octanol–water partition coefficient (Wildman–Crippen LogP) is 2.35. The number of thiophene rings is 1. The quantitative estimate of drug-likeness (QED) is 0.428. The molecule has 0 spiro atoms. The molecule has 24 heavy (non-hydrogen) atoms. The van der Waals surface area contributed by atoms with E-state index in [1.807, 2.05) is 11.3 Å². The van der Waals surface area contributed by atoms with Crippen LogP contribution < -0.4 is 10.6 Å². The maximum atomic E-state index is 5.78. The maximum Gasteiger partial charge on any atom is 0.191 e. The van der Waals surface area contributed by atoms with Crippen LogP contribution in [0.2, 0.25) is 0 Å². The van der Waals surface area contributed by atoms with Crippen molar-refractivity contribution in [3.63, 3.8) is 0 Å². The lowest BCUT2D eigenvalue weighted by molar-refractivity contribution is -0.0679. The lowest BCUT2D eigenvalue weighted by Crippen LogP contribution is -2.45. The molecule has 2 heterocycles. The van der Waals surface area contributed by atoms with Gasteiger partial charge in [-0.3, -0.25) is 9.89 Å². The summed E-state index contributed by atoms with van der Waals surface area (Å²) in [5.74, 6) is 0.928. The molecule has 1 aromatic heterocycles. The van der Waals surface area contributed by atoms with E-state index in [1.54, 1.807) is 0 Å². The van der Waals surface area contributed by atoms with Gasteiger partial charge in [0.15, 0.2) is 5.96 Å². The van der Waals surface area contributed by atoms with Gasteiger partial charge in [-0.1, -0.05) is 6.07 Å². The Morgan fingerprint density at radius 1 is 1.33 bits per heavy atom. The van der Waals surface area contributed by atoms with Crippen molar-refractivity contribution in [3.8, 4) is 0 Å². The van der Waals surface area contributed by atoms with Gasteiger partial charge in [0.2, 0.25) is 0 Å². The van der Waals surface area contributed by atoms with E-state index in [9.17, 15) is 0 Å². The highest BCUT2D eigenvalue weighted by molar-refractivity contribution is 7.09. The van der Waals surface area contributed by atoms with E-state index >= 15 is 0 Å². The second-order valence-electron chi connectivity index (χ2n) is 6.39. The molecule has 1 aliphatic rings. The summed E-state index contributed by atoms with van der Waals surface area (Å²) in [6.45, 7) is 12.2. The highest BCUT2D eigenvalue weighted by atomic mass is 32.1. The Morgan fingerprint density at radius 2 is 2.12 bits per heavy atom. The van der Waals surface area contributed by atoms with Gasteiger partial charge in [-0.2, -0.15) is 0 Å². The molecule has 136 valence electrons. The minimum atomic E-state index is 0.341. The van der Waals surface area contributed by atoms with Crippen molar-refractivity contribution in [1.82, 2.24) is 15.5 Å². The molecule has 0 amide bonds. The third kappa shape index (κ3) is 7.20. The lowest BCUT2D eigenvalue weighted by Gasteiger charge is -2.35. The molecule has 1 aromatic rings. The largest absolute Gasteiger partial charge is 0.373 e. The molecule has 2 rings (SSSR count). The summed E-state index contributed by atoms with van der Waals surface area (Å²) in [4.78, 5) is 8.60. The molecular weight excluding hydrogens is 320 g/mol. The van der Waals surface area contributed by atoms with Crippen LogP contribution in [-0.2, 0) is 11.2 Å². The Bertz CT molecular complexity index is 467. The van der Waals surface area contributed by atoms with Gasteiger partial charge in [-0.15, -0.1) is 11.3 Å². The molecule has 1 aliphatic heterocycles. The minimum Gasteiger partial charge on any atom is -0.373 e. The molecule has 5 nitrogen and oxygen atoms in total. The van der Waals surface area contributed by atoms with Crippen LogP contribution in [0.3, 0.4) is 0 Å². The molecule has 1 saturated heterocycles. The highest BCUT2D eigenvalue weighted by Crippen LogP contribution is 2.10. The first-order chi connectivity index (χ1) is 11.7. The molecule has 0 bridgehead atoms. The second kappa shape index (κ2) is 10.7. The number of hydrogen-bond acceptors (Lipinski definition) is 4. The van der Waals surface area contributed by atoms with Crippen LogP contribution in [0.15, 0.2) is 22.5 Å². The number of hydrogen-bond donors (Lipinski definition) is 2. The van der Waals surface area contributed by atoms with E-state index in [0.717, 1.165) is 58.1 Å². The van der Waals surface area contributed by atoms with Crippen LogP contribution in [0.1, 0.15) is 32.1 Å². The molecule has 2 unspecified atom stereocenters. The molecule has 0 aliphatic carbocycles. The molecule has 6 heteroatoms. The van der Waals surface area contributed by atoms with E-state index in [-0.39, 0.29) is 0 Å². The Kier molecular flexibility index (Phi) is 8.56. The highest BCUT2D eigenvalue weighted by Gasteiger charge is 2.21. The summed E-state index contributed by atoms with van der Waals surface area (Å²) in [6, 6.07) is 4.29. The van der Waals surface area contributed by atoms with Crippen LogP contribution in [0.25, 0.3) is 0 Å². The molecular formula is C18H32N4OS. The van der Waals surface area contributed by atoms with E-state index in [2.05, 4.69) is 53.8 Å². The molecule has 0 saturated carbocycles. The average molecular weight is 353 g/mol. The van der Waals surface area contributed by atoms with E-state index < -0.39 is 0 Å². The molecule has 2 atom stereocenters. The first kappa shape index (κ1) is 19.2. The van der Waals surface area contributed by atoms with E-state index in [0.29, 0.717) is 12.2 Å². The van der Waals surface area contributed by atoms with Gasteiger partial charge in [0.05, 0.1) is 12.2 Å². The van der Waals surface area contributed by atoms with Gasteiger partial charge < -0.3 is 15.4 Å². The van der Waals surface area contributed by atoms with Gasteiger partial charge in [-0.25, -0.2) is 0 Å². The van der Waals surface area contributed by atoms with Gasteiger partial charge in [-0.05, 0) is 45.1 Å². The number of rotatable bonds is 8. The zero-order valence-electron chi connectivity index (χ0n) is 15.3. The number of nitrogens with zero attached hydrogens (tertiary/aromatic N) is 2. The summed E-state index contributed by atoms with van der Waals surface area (Å²) in [5.41, 5.74) is 0. The summed E-state index contributed by atoms with van der Waals surface area (Å²) >= 11 is 1.81. The van der Waals surface area contributed by atoms with Gasteiger partial charge in [0.25, 0.3) is 0 Å². The average Bonchev–Trinajstić information content (AvgIpc) is 3.04. The fourth-order valence-electron chi connectivity index (χ4n) is 3.05. The second-order valence-corrected chi connectivity index (χ2v) is 7.42. The summed E-state index contributed by atoms with van der Waals surface area (Å²) in [5, 5.41) is 8.87. The fourth-order valence-corrected chi connectivity index (χ4v) is 3.76. The Balaban J connectivity index is 1.66. The Hall–Kier alpha value is -1.11.